The van der Waals surface area contributed by atoms with Gasteiger partial charge >= 0.3 is 0 Å². The molecule has 2 aromatic rings. The van der Waals surface area contributed by atoms with Crippen molar-refractivity contribution in [3.8, 4) is 0 Å². The lowest BCUT2D eigenvalue weighted by molar-refractivity contribution is -0.122. The fraction of sp³-hybridized carbons (Fsp3) is 0.182. The van der Waals surface area contributed by atoms with Gasteiger partial charge in [-0.25, -0.2) is 0 Å². The van der Waals surface area contributed by atoms with E-state index in [0.717, 1.165) is 15.0 Å². The van der Waals surface area contributed by atoms with E-state index < -0.39 is 11.4 Å². The van der Waals surface area contributed by atoms with E-state index in [-0.39, 0.29) is 0 Å². The Labute approximate surface area is 91.7 Å². The Kier molecular flexibility index (Phi) is 2.25. The number of thiophene rings is 1. The summed E-state index contributed by atoms with van der Waals surface area (Å²) in [5, 5.41) is 1.09. The molecule has 0 aliphatic heterocycles. The van der Waals surface area contributed by atoms with Crippen LogP contribution in [0.5, 0.6) is 0 Å². The van der Waals surface area contributed by atoms with Gasteiger partial charge in [-0.15, -0.1) is 11.3 Å². The van der Waals surface area contributed by atoms with Crippen molar-refractivity contribution in [3.63, 3.8) is 0 Å². The summed E-state index contributed by atoms with van der Waals surface area (Å²) < 4.78 is 1.12. The molecule has 4 N–H and O–H groups in total. The smallest absolute Gasteiger partial charge is 0.242 e. The number of primary amides is 1. The SMILES string of the molecule is C[C@@](N)(C(N)=O)c1cc2ccccc2s1. The Hall–Kier alpha value is -1.39. The van der Waals surface area contributed by atoms with Crippen molar-refractivity contribution in [3.05, 3.63) is 35.2 Å². The highest BCUT2D eigenvalue weighted by atomic mass is 32.1. The van der Waals surface area contributed by atoms with Crippen molar-refractivity contribution in [2.24, 2.45) is 11.5 Å². The third kappa shape index (κ3) is 1.62. The fourth-order valence-electron chi connectivity index (χ4n) is 1.36. The number of hydrogen-bond acceptors (Lipinski definition) is 3. The van der Waals surface area contributed by atoms with Gasteiger partial charge in [0.15, 0.2) is 0 Å². The molecule has 2 rings (SSSR count). The second kappa shape index (κ2) is 3.32. The normalized spacial score (nSPS) is 15.1. The monoisotopic (exact) mass is 220 g/mol. The van der Waals surface area contributed by atoms with Crippen LogP contribution >= 0.6 is 11.3 Å². The molecule has 3 nitrogen and oxygen atoms in total. The maximum Gasteiger partial charge on any atom is 0.242 e. The molecule has 15 heavy (non-hydrogen) atoms. The van der Waals surface area contributed by atoms with Crippen molar-refractivity contribution >= 4 is 27.3 Å². The topological polar surface area (TPSA) is 69.1 Å². The molecule has 0 bridgehead atoms. The highest BCUT2D eigenvalue weighted by molar-refractivity contribution is 7.19. The van der Waals surface area contributed by atoms with E-state index in [1.165, 1.54) is 11.3 Å². The molecule has 0 saturated carbocycles. The maximum atomic E-state index is 11.2. The summed E-state index contributed by atoms with van der Waals surface area (Å²) in [7, 11) is 0. The fourth-order valence-corrected chi connectivity index (χ4v) is 2.49. The largest absolute Gasteiger partial charge is 0.368 e. The summed E-state index contributed by atoms with van der Waals surface area (Å²) in [5.41, 5.74) is 10.1. The molecule has 0 fully saturated rings. The van der Waals surface area contributed by atoms with Gasteiger partial charge in [-0.2, -0.15) is 0 Å². The molecule has 0 radical (unpaired) electrons. The Bertz CT molecular complexity index is 483. The van der Waals surface area contributed by atoms with Crippen molar-refractivity contribution in [2.45, 2.75) is 12.5 Å². The highest BCUT2D eigenvalue weighted by Crippen LogP contribution is 2.31. The minimum Gasteiger partial charge on any atom is -0.368 e. The number of carbonyl (C=O) groups excluding carboxylic acids is 1. The van der Waals surface area contributed by atoms with E-state index in [1.807, 2.05) is 30.3 Å². The van der Waals surface area contributed by atoms with E-state index >= 15 is 0 Å². The summed E-state index contributed by atoms with van der Waals surface area (Å²) in [6, 6.07) is 9.83. The molecule has 1 atom stereocenters. The number of fused-ring (bicyclic) bond motifs is 1. The molecule has 0 aliphatic carbocycles. The second-order valence-electron chi connectivity index (χ2n) is 3.72. The lowest BCUT2D eigenvalue weighted by atomic mass is 10.0. The van der Waals surface area contributed by atoms with E-state index in [2.05, 4.69) is 0 Å². The Balaban J connectivity index is 2.58. The van der Waals surface area contributed by atoms with Crippen LogP contribution in [0.3, 0.4) is 0 Å². The third-order valence-corrected chi connectivity index (χ3v) is 3.80. The first kappa shape index (κ1) is 10.1. The van der Waals surface area contributed by atoms with Gasteiger partial charge in [0, 0.05) is 9.58 Å². The minimum absolute atomic E-state index is 0.506. The van der Waals surface area contributed by atoms with Crippen LogP contribution < -0.4 is 11.5 Å². The van der Waals surface area contributed by atoms with Crippen LogP contribution in [0.2, 0.25) is 0 Å². The molecule has 4 heteroatoms. The van der Waals surface area contributed by atoms with Crippen molar-refractivity contribution < 1.29 is 4.79 Å². The number of carbonyl (C=O) groups is 1. The van der Waals surface area contributed by atoms with Crippen LogP contribution in [-0.4, -0.2) is 5.91 Å². The molecule has 0 saturated heterocycles. The molecule has 0 spiro atoms. The van der Waals surface area contributed by atoms with Gasteiger partial charge in [-0.05, 0) is 24.4 Å². The molecule has 0 unspecified atom stereocenters. The quantitative estimate of drug-likeness (QED) is 0.806. The molecule has 1 heterocycles. The zero-order valence-electron chi connectivity index (χ0n) is 8.36. The Morgan fingerprint density at radius 1 is 1.40 bits per heavy atom. The van der Waals surface area contributed by atoms with Crippen molar-refractivity contribution in [2.75, 3.05) is 0 Å². The number of nitrogens with two attached hydrogens (primary N) is 2. The summed E-state index contributed by atoms with van der Waals surface area (Å²) in [4.78, 5) is 12.0. The average Bonchev–Trinajstić information content (AvgIpc) is 2.61. The van der Waals surface area contributed by atoms with Crippen LogP contribution in [0, 0.1) is 0 Å². The summed E-state index contributed by atoms with van der Waals surface area (Å²) >= 11 is 1.51. The first-order valence-electron chi connectivity index (χ1n) is 4.59. The molecule has 1 aromatic heterocycles. The molecule has 78 valence electrons. The zero-order valence-corrected chi connectivity index (χ0v) is 9.17. The van der Waals surface area contributed by atoms with Crippen LogP contribution in [0.1, 0.15) is 11.8 Å². The first-order chi connectivity index (χ1) is 7.01. The minimum atomic E-state index is -1.08. The van der Waals surface area contributed by atoms with Gasteiger partial charge in [-0.1, -0.05) is 18.2 Å². The molecule has 0 aliphatic rings. The Morgan fingerprint density at radius 2 is 2.07 bits per heavy atom. The lowest BCUT2D eigenvalue weighted by Crippen LogP contribution is -2.45. The van der Waals surface area contributed by atoms with Crippen LogP contribution in [0.4, 0.5) is 0 Å². The number of rotatable bonds is 2. The van der Waals surface area contributed by atoms with Gasteiger partial charge in [0.25, 0.3) is 0 Å². The highest BCUT2D eigenvalue weighted by Gasteiger charge is 2.29. The summed E-state index contributed by atoms with van der Waals surface area (Å²) in [5.74, 6) is -0.506. The zero-order chi connectivity index (χ0) is 11.1. The molecular formula is C11H12N2OS. The predicted molar refractivity (Wildman–Crippen MR) is 62.6 cm³/mol. The van der Waals surface area contributed by atoms with E-state index in [1.54, 1.807) is 6.92 Å². The van der Waals surface area contributed by atoms with Crippen molar-refractivity contribution in [1.82, 2.24) is 0 Å². The number of benzene rings is 1. The molecule has 1 amide bonds. The Morgan fingerprint density at radius 3 is 2.67 bits per heavy atom. The van der Waals surface area contributed by atoms with Gasteiger partial charge in [-0.3, -0.25) is 4.79 Å². The summed E-state index contributed by atoms with van der Waals surface area (Å²) in [6.45, 7) is 1.64. The number of amides is 1. The summed E-state index contributed by atoms with van der Waals surface area (Å²) in [6.07, 6.45) is 0. The maximum absolute atomic E-state index is 11.2. The number of hydrogen-bond donors (Lipinski definition) is 2. The standard InChI is InChI=1S/C11H12N2OS/c1-11(13,10(12)14)9-6-7-4-2-3-5-8(7)15-9/h2-6H,13H2,1H3,(H2,12,14)/t11-/m0/s1. The van der Waals surface area contributed by atoms with Crippen LogP contribution in [0.15, 0.2) is 30.3 Å². The molecular weight excluding hydrogens is 208 g/mol. The van der Waals surface area contributed by atoms with Crippen LogP contribution in [-0.2, 0) is 10.3 Å². The van der Waals surface area contributed by atoms with E-state index in [4.69, 9.17) is 11.5 Å². The van der Waals surface area contributed by atoms with Gasteiger partial charge in [0.1, 0.15) is 5.54 Å². The average molecular weight is 220 g/mol. The van der Waals surface area contributed by atoms with Crippen LogP contribution in [0.25, 0.3) is 10.1 Å². The van der Waals surface area contributed by atoms with E-state index in [0.29, 0.717) is 0 Å². The van der Waals surface area contributed by atoms with Gasteiger partial charge in [0.05, 0.1) is 0 Å². The van der Waals surface area contributed by atoms with Crippen molar-refractivity contribution in [1.29, 1.82) is 0 Å². The molecule has 1 aromatic carbocycles. The van der Waals surface area contributed by atoms with Gasteiger partial charge < -0.3 is 11.5 Å². The predicted octanol–water partition coefficient (Wildman–Crippen LogP) is 1.56. The third-order valence-electron chi connectivity index (χ3n) is 2.45. The second-order valence-corrected chi connectivity index (χ2v) is 4.80. The van der Waals surface area contributed by atoms with Gasteiger partial charge in [0.2, 0.25) is 5.91 Å². The first-order valence-corrected chi connectivity index (χ1v) is 5.41. The lowest BCUT2D eigenvalue weighted by Gasteiger charge is -2.17. The van der Waals surface area contributed by atoms with E-state index in [9.17, 15) is 4.79 Å².